The molecule has 0 amide bonds. The summed E-state index contributed by atoms with van der Waals surface area (Å²) >= 11 is 6.02. The van der Waals surface area contributed by atoms with Crippen molar-refractivity contribution < 1.29 is 5.11 Å². The van der Waals surface area contributed by atoms with Crippen molar-refractivity contribution in [3.8, 4) is 0 Å². The van der Waals surface area contributed by atoms with E-state index in [9.17, 15) is 5.11 Å². The van der Waals surface area contributed by atoms with E-state index in [-0.39, 0.29) is 6.10 Å². The number of benzene rings is 1. The topological polar surface area (TPSA) is 49.2 Å². The number of nitrogens with zero attached hydrogens (tertiary/aromatic N) is 3. The van der Waals surface area contributed by atoms with Crippen LogP contribution in [0.5, 0.6) is 0 Å². The van der Waals surface area contributed by atoms with Crippen LogP contribution in [0.3, 0.4) is 0 Å². The molecule has 1 saturated heterocycles. The first-order valence-corrected chi connectivity index (χ1v) is 5.97. The fourth-order valence-corrected chi connectivity index (χ4v) is 2.43. The standard InChI is InChI=1S/C12H12ClN3O/c13-11-9-3-1-2-4-10(9)12(15-14-11)16-6-5-8(17)7-16/h1-4,8,17H,5-7H2. The van der Waals surface area contributed by atoms with Gasteiger partial charge in [-0.05, 0) is 6.42 Å². The maximum absolute atomic E-state index is 9.57. The summed E-state index contributed by atoms with van der Waals surface area (Å²) in [6.07, 6.45) is 0.504. The fraction of sp³-hybridized carbons (Fsp3) is 0.333. The van der Waals surface area contributed by atoms with Crippen molar-refractivity contribution >= 4 is 28.2 Å². The molecule has 1 N–H and O–H groups in total. The first-order valence-electron chi connectivity index (χ1n) is 5.59. The highest BCUT2D eigenvalue weighted by molar-refractivity contribution is 6.34. The Bertz CT molecular complexity index is 560. The molecule has 0 aliphatic carbocycles. The third-order valence-electron chi connectivity index (χ3n) is 3.09. The third-order valence-corrected chi connectivity index (χ3v) is 3.36. The molecule has 1 atom stereocenters. The van der Waals surface area contributed by atoms with Crippen LogP contribution in [0.15, 0.2) is 24.3 Å². The Balaban J connectivity index is 2.14. The summed E-state index contributed by atoms with van der Waals surface area (Å²) in [5.41, 5.74) is 0. The number of halogens is 1. The minimum absolute atomic E-state index is 0.272. The SMILES string of the molecule is OC1CCN(c2nnc(Cl)c3ccccc23)C1. The first-order chi connectivity index (χ1) is 8.25. The number of hydrogen-bond acceptors (Lipinski definition) is 4. The van der Waals surface area contributed by atoms with E-state index in [1.807, 2.05) is 24.3 Å². The Morgan fingerprint density at radius 2 is 2.00 bits per heavy atom. The van der Waals surface area contributed by atoms with Gasteiger partial charge in [-0.25, -0.2) is 0 Å². The molecule has 0 spiro atoms. The van der Waals surface area contributed by atoms with E-state index in [1.54, 1.807) is 0 Å². The molecule has 88 valence electrons. The molecule has 17 heavy (non-hydrogen) atoms. The largest absolute Gasteiger partial charge is 0.391 e. The smallest absolute Gasteiger partial charge is 0.159 e. The zero-order valence-corrected chi connectivity index (χ0v) is 9.93. The molecule has 0 radical (unpaired) electrons. The van der Waals surface area contributed by atoms with Gasteiger partial charge in [-0.15, -0.1) is 10.2 Å². The van der Waals surface area contributed by atoms with E-state index in [0.717, 1.165) is 29.6 Å². The average Bonchev–Trinajstić information content (AvgIpc) is 2.77. The molecule has 0 bridgehead atoms. The van der Waals surface area contributed by atoms with Crippen LogP contribution >= 0.6 is 11.6 Å². The Morgan fingerprint density at radius 1 is 1.24 bits per heavy atom. The van der Waals surface area contributed by atoms with Crippen LogP contribution < -0.4 is 4.90 Å². The van der Waals surface area contributed by atoms with E-state index in [4.69, 9.17) is 11.6 Å². The lowest BCUT2D eigenvalue weighted by molar-refractivity contribution is 0.198. The molecule has 2 aromatic rings. The molecule has 1 unspecified atom stereocenters. The molecule has 1 aromatic heterocycles. The van der Waals surface area contributed by atoms with Gasteiger partial charge in [0, 0.05) is 23.9 Å². The first kappa shape index (κ1) is 10.7. The molecular weight excluding hydrogens is 238 g/mol. The van der Waals surface area contributed by atoms with E-state index in [0.29, 0.717) is 11.7 Å². The minimum Gasteiger partial charge on any atom is -0.391 e. The summed E-state index contributed by atoms with van der Waals surface area (Å²) in [5, 5.41) is 20.0. The van der Waals surface area contributed by atoms with Crippen LogP contribution in [0, 0.1) is 0 Å². The number of hydrogen-bond donors (Lipinski definition) is 1. The minimum atomic E-state index is -0.272. The molecule has 1 aliphatic heterocycles. The monoisotopic (exact) mass is 249 g/mol. The van der Waals surface area contributed by atoms with E-state index < -0.39 is 0 Å². The summed E-state index contributed by atoms with van der Waals surface area (Å²) < 4.78 is 0. The highest BCUT2D eigenvalue weighted by Gasteiger charge is 2.23. The maximum Gasteiger partial charge on any atom is 0.159 e. The van der Waals surface area contributed by atoms with Gasteiger partial charge in [-0.1, -0.05) is 35.9 Å². The van der Waals surface area contributed by atoms with Crippen LogP contribution in [0.2, 0.25) is 5.15 Å². The molecule has 4 nitrogen and oxygen atoms in total. The molecule has 2 heterocycles. The highest BCUT2D eigenvalue weighted by Crippen LogP contribution is 2.29. The number of β-amino-alcohol motifs (C(OH)–C–C–N with tert-alkyl or cyclic N) is 1. The van der Waals surface area contributed by atoms with Crippen LogP contribution in [0.1, 0.15) is 6.42 Å². The van der Waals surface area contributed by atoms with Gasteiger partial charge in [-0.2, -0.15) is 0 Å². The molecule has 1 aromatic carbocycles. The number of rotatable bonds is 1. The fourth-order valence-electron chi connectivity index (χ4n) is 2.22. The van der Waals surface area contributed by atoms with Crippen LogP contribution in [-0.2, 0) is 0 Å². The Hall–Kier alpha value is -1.39. The molecule has 5 heteroatoms. The van der Waals surface area contributed by atoms with E-state index >= 15 is 0 Å². The number of aliphatic hydroxyl groups is 1. The average molecular weight is 250 g/mol. The van der Waals surface area contributed by atoms with Crippen molar-refractivity contribution in [1.82, 2.24) is 10.2 Å². The van der Waals surface area contributed by atoms with Crippen molar-refractivity contribution in [3.05, 3.63) is 29.4 Å². The highest BCUT2D eigenvalue weighted by atomic mass is 35.5. The second-order valence-electron chi connectivity index (χ2n) is 4.25. The molecule has 1 fully saturated rings. The van der Waals surface area contributed by atoms with E-state index in [1.165, 1.54) is 0 Å². The Kier molecular flexibility index (Phi) is 2.61. The predicted octanol–water partition coefficient (Wildman–Crippen LogP) is 1.85. The lowest BCUT2D eigenvalue weighted by Crippen LogP contribution is -2.22. The van der Waals surface area contributed by atoms with Crippen molar-refractivity contribution in [2.75, 3.05) is 18.0 Å². The van der Waals surface area contributed by atoms with Gasteiger partial charge in [0.2, 0.25) is 0 Å². The van der Waals surface area contributed by atoms with Gasteiger partial charge in [-0.3, -0.25) is 0 Å². The van der Waals surface area contributed by atoms with Gasteiger partial charge in [0.25, 0.3) is 0 Å². The summed E-state index contributed by atoms with van der Waals surface area (Å²) in [5.74, 6) is 0.807. The number of aromatic nitrogens is 2. The third kappa shape index (κ3) is 1.83. The second kappa shape index (κ2) is 4.13. The summed E-state index contributed by atoms with van der Waals surface area (Å²) in [6.45, 7) is 1.42. The summed E-state index contributed by atoms with van der Waals surface area (Å²) in [6, 6.07) is 7.80. The Labute approximate surface area is 104 Å². The van der Waals surface area contributed by atoms with Crippen LogP contribution in [0.4, 0.5) is 5.82 Å². The zero-order chi connectivity index (χ0) is 11.8. The number of anilines is 1. The van der Waals surface area contributed by atoms with E-state index in [2.05, 4.69) is 15.1 Å². The zero-order valence-electron chi connectivity index (χ0n) is 9.17. The van der Waals surface area contributed by atoms with Crippen molar-refractivity contribution in [2.45, 2.75) is 12.5 Å². The number of fused-ring (bicyclic) bond motifs is 1. The van der Waals surface area contributed by atoms with Gasteiger partial charge in [0.05, 0.1) is 6.10 Å². The number of aliphatic hydroxyl groups excluding tert-OH is 1. The molecular formula is C12H12ClN3O. The lowest BCUT2D eigenvalue weighted by atomic mass is 10.2. The van der Waals surface area contributed by atoms with Crippen molar-refractivity contribution in [1.29, 1.82) is 0 Å². The molecule has 1 aliphatic rings. The van der Waals surface area contributed by atoms with Crippen molar-refractivity contribution in [2.24, 2.45) is 0 Å². The molecule has 3 rings (SSSR count). The normalized spacial score (nSPS) is 20.1. The van der Waals surface area contributed by atoms with Gasteiger partial charge in [0.1, 0.15) is 0 Å². The maximum atomic E-state index is 9.57. The van der Waals surface area contributed by atoms with Gasteiger partial charge in [0.15, 0.2) is 11.0 Å². The van der Waals surface area contributed by atoms with Crippen LogP contribution in [-0.4, -0.2) is 34.5 Å². The summed E-state index contributed by atoms with van der Waals surface area (Å²) in [7, 11) is 0. The quantitative estimate of drug-likeness (QED) is 0.838. The lowest BCUT2D eigenvalue weighted by Gasteiger charge is -2.17. The van der Waals surface area contributed by atoms with Gasteiger partial charge >= 0.3 is 0 Å². The van der Waals surface area contributed by atoms with Gasteiger partial charge < -0.3 is 10.0 Å². The Morgan fingerprint density at radius 3 is 2.71 bits per heavy atom. The molecule has 0 saturated carbocycles. The predicted molar refractivity (Wildman–Crippen MR) is 67.4 cm³/mol. The summed E-state index contributed by atoms with van der Waals surface area (Å²) in [4.78, 5) is 2.05. The second-order valence-corrected chi connectivity index (χ2v) is 4.61. The van der Waals surface area contributed by atoms with Crippen molar-refractivity contribution in [3.63, 3.8) is 0 Å². The van der Waals surface area contributed by atoms with Crippen LogP contribution in [0.25, 0.3) is 10.8 Å².